The van der Waals surface area contributed by atoms with Crippen molar-refractivity contribution in [1.82, 2.24) is 10.2 Å². The molecule has 0 aliphatic heterocycles. The van der Waals surface area contributed by atoms with E-state index in [1.807, 2.05) is 11.9 Å². The second-order valence-corrected chi connectivity index (χ2v) is 4.08. The summed E-state index contributed by atoms with van der Waals surface area (Å²) in [6.45, 7) is 3.04. The Balaban J connectivity index is 2.74. The molecule has 56 valence electrons. The van der Waals surface area contributed by atoms with Crippen LogP contribution < -0.4 is 4.90 Å². The van der Waals surface area contributed by atoms with Crippen LogP contribution in [0.1, 0.15) is 6.92 Å². The lowest BCUT2D eigenvalue weighted by Crippen LogP contribution is -2.15. The van der Waals surface area contributed by atoms with E-state index < -0.39 is 0 Å². The average Bonchev–Trinajstić information content (AvgIpc) is 2.34. The lowest BCUT2D eigenvalue weighted by molar-refractivity contribution is 0.926. The lowest BCUT2D eigenvalue weighted by Gasteiger charge is -2.09. The highest BCUT2D eigenvalue weighted by Crippen LogP contribution is 2.22. The average molecular weight is 222 g/mol. The normalized spacial score (nSPS) is 9.90. The van der Waals surface area contributed by atoms with E-state index in [4.69, 9.17) is 0 Å². The van der Waals surface area contributed by atoms with Crippen LogP contribution in [0, 0.1) is 0 Å². The molecule has 0 aliphatic carbocycles. The molecule has 0 radical (unpaired) electrons. The van der Waals surface area contributed by atoms with Crippen LogP contribution in [-0.2, 0) is 0 Å². The number of hydrogen-bond donors (Lipinski definition) is 0. The van der Waals surface area contributed by atoms with Crippen molar-refractivity contribution in [2.24, 2.45) is 0 Å². The maximum absolute atomic E-state index is 3.93. The summed E-state index contributed by atoms with van der Waals surface area (Å²) in [4.78, 5) is 2.04. The standard InChI is InChI=1S/C5H8BrN3S/c1-3-9(2)5-8-7-4(6)10-5/h3H2,1-2H3. The van der Waals surface area contributed by atoms with Gasteiger partial charge in [0.15, 0.2) is 3.92 Å². The van der Waals surface area contributed by atoms with E-state index >= 15 is 0 Å². The van der Waals surface area contributed by atoms with Crippen LogP contribution >= 0.6 is 27.3 Å². The molecule has 1 rings (SSSR count). The monoisotopic (exact) mass is 221 g/mol. The Morgan fingerprint density at radius 2 is 2.30 bits per heavy atom. The molecule has 0 saturated heterocycles. The maximum atomic E-state index is 3.93. The van der Waals surface area contributed by atoms with E-state index in [0.717, 1.165) is 15.6 Å². The van der Waals surface area contributed by atoms with Crippen LogP contribution in [0.2, 0.25) is 0 Å². The maximum Gasteiger partial charge on any atom is 0.208 e. The topological polar surface area (TPSA) is 29.0 Å². The van der Waals surface area contributed by atoms with Crippen molar-refractivity contribution < 1.29 is 0 Å². The van der Waals surface area contributed by atoms with Crippen molar-refractivity contribution >= 4 is 32.4 Å². The summed E-state index contributed by atoms with van der Waals surface area (Å²) in [6, 6.07) is 0. The predicted octanol–water partition coefficient (Wildman–Crippen LogP) is 1.76. The molecule has 5 heteroatoms. The van der Waals surface area contributed by atoms with E-state index in [-0.39, 0.29) is 0 Å². The van der Waals surface area contributed by atoms with Crippen LogP contribution in [0.25, 0.3) is 0 Å². The van der Waals surface area contributed by atoms with E-state index in [2.05, 4.69) is 33.1 Å². The molecule has 1 heterocycles. The van der Waals surface area contributed by atoms with Crippen molar-refractivity contribution in [1.29, 1.82) is 0 Å². The SMILES string of the molecule is CCN(C)c1nnc(Br)s1. The zero-order valence-electron chi connectivity index (χ0n) is 5.83. The summed E-state index contributed by atoms with van der Waals surface area (Å²) in [7, 11) is 1.99. The van der Waals surface area contributed by atoms with E-state index in [1.165, 1.54) is 0 Å². The third-order valence-corrected chi connectivity index (χ3v) is 2.66. The Hall–Kier alpha value is -0.160. The first-order valence-electron chi connectivity index (χ1n) is 2.94. The molecule has 1 aromatic rings. The molecule has 0 fully saturated rings. The fourth-order valence-electron chi connectivity index (χ4n) is 0.488. The number of nitrogens with zero attached hydrogens (tertiary/aromatic N) is 3. The summed E-state index contributed by atoms with van der Waals surface area (Å²) in [5.41, 5.74) is 0. The van der Waals surface area contributed by atoms with Gasteiger partial charge in [-0.15, -0.1) is 10.2 Å². The molecule has 0 spiro atoms. The number of hydrogen-bond acceptors (Lipinski definition) is 4. The second kappa shape index (κ2) is 3.30. The van der Waals surface area contributed by atoms with Gasteiger partial charge < -0.3 is 4.90 Å². The van der Waals surface area contributed by atoms with E-state index in [9.17, 15) is 0 Å². The third-order valence-electron chi connectivity index (χ3n) is 1.19. The quantitative estimate of drug-likeness (QED) is 0.763. The van der Waals surface area contributed by atoms with Gasteiger partial charge in [-0.05, 0) is 22.9 Å². The van der Waals surface area contributed by atoms with Gasteiger partial charge in [0.2, 0.25) is 5.13 Å². The molecular formula is C5H8BrN3S. The van der Waals surface area contributed by atoms with Gasteiger partial charge in [0.05, 0.1) is 0 Å². The van der Waals surface area contributed by atoms with Gasteiger partial charge in [0, 0.05) is 13.6 Å². The largest absolute Gasteiger partial charge is 0.350 e. The first-order chi connectivity index (χ1) is 4.74. The van der Waals surface area contributed by atoms with E-state index in [1.54, 1.807) is 11.3 Å². The predicted molar refractivity (Wildman–Crippen MR) is 46.6 cm³/mol. The zero-order chi connectivity index (χ0) is 7.56. The molecule has 0 N–H and O–H groups in total. The number of aromatic nitrogens is 2. The highest BCUT2D eigenvalue weighted by Gasteiger charge is 2.03. The van der Waals surface area contributed by atoms with Crippen LogP contribution in [0.5, 0.6) is 0 Å². The van der Waals surface area contributed by atoms with Gasteiger partial charge >= 0.3 is 0 Å². The van der Waals surface area contributed by atoms with Crippen molar-refractivity contribution in [3.05, 3.63) is 3.92 Å². The summed E-state index contributed by atoms with van der Waals surface area (Å²) in [5, 5.41) is 8.72. The van der Waals surface area contributed by atoms with Crippen molar-refractivity contribution in [2.45, 2.75) is 6.92 Å². The van der Waals surface area contributed by atoms with Crippen LogP contribution in [0.4, 0.5) is 5.13 Å². The summed E-state index contributed by atoms with van der Waals surface area (Å²) >= 11 is 4.79. The molecule has 0 saturated carbocycles. The Morgan fingerprint density at radius 1 is 1.60 bits per heavy atom. The third kappa shape index (κ3) is 1.67. The second-order valence-electron chi connectivity index (χ2n) is 1.85. The Morgan fingerprint density at radius 3 is 2.70 bits per heavy atom. The van der Waals surface area contributed by atoms with E-state index in [0.29, 0.717) is 0 Å². The summed E-state index contributed by atoms with van der Waals surface area (Å²) in [6.07, 6.45) is 0. The number of halogens is 1. The van der Waals surface area contributed by atoms with Crippen molar-refractivity contribution in [3.63, 3.8) is 0 Å². The van der Waals surface area contributed by atoms with Crippen LogP contribution in [0.15, 0.2) is 3.92 Å². The van der Waals surface area contributed by atoms with Gasteiger partial charge in [-0.3, -0.25) is 0 Å². The first-order valence-corrected chi connectivity index (χ1v) is 4.55. The van der Waals surface area contributed by atoms with Crippen LogP contribution in [0.3, 0.4) is 0 Å². The lowest BCUT2D eigenvalue weighted by atomic mass is 10.7. The summed E-state index contributed by atoms with van der Waals surface area (Å²) in [5.74, 6) is 0. The zero-order valence-corrected chi connectivity index (χ0v) is 8.24. The molecule has 0 aliphatic rings. The fourth-order valence-corrected chi connectivity index (χ4v) is 1.60. The van der Waals surface area contributed by atoms with Gasteiger partial charge in [-0.2, -0.15) is 0 Å². The number of anilines is 1. The van der Waals surface area contributed by atoms with Crippen molar-refractivity contribution in [2.75, 3.05) is 18.5 Å². The molecule has 0 bridgehead atoms. The summed E-state index contributed by atoms with van der Waals surface area (Å²) < 4.78 is 0.836. The molecule has 10 heavy (non-hydrogen) atoms. The van der Waals surface area contributed by atoms with Gasteiger partial charge in [0.25, 0.3) is 0 Å². The van der Waals surface area contributed by atoms with Crippen LogP contribution in [-0.4, -0.2) is 23.8 Å². The van der Waals surface area contributed by atoms with Gasteiger partial charge in [0.1, 0.15) is 0 Å². The molecule has 0 unspecified atom stereocenters. The minimum absolute atomic E-state index is 0.836. The minimum Gasteiger partial charge on any atom is -0.350 e. The Labute approximate surface area is 72.2 Å². The minimum atomic E-state index is 0.836. The Bertz CT molecular complexity index is 212. The molecule has 0 amide bonds. The van der Waals surface area contributed by atoms with Crippen molar-refractivity contribution in [3.8, 4) is 0 Å². The van der Waals surface area contributed by atoms with Gasteiger partial charge in [-0.25, -0.2) is 0 Å². The Kier molecular flexibility index (Phi) is 2.62. The molecule has 0 aromatic carbocycles. The first kappa shape index (κ1) is 7.94. The number of rotatable bonds is 2. The molecule has 0 atom stereocenters. The fraction of sp³-hybridized carbons (Fsp3) is 0.600. The highest BCUT2D eigenvalue weighted by molar-refractivity contribution is 9.11. The smallest absolute Gasteiger partial charge is 0.208 e. The molecular weight excluding hydrogens is 214 g/mol. The molecule has 3 nitrogen and oxygen atoms in total. The molecule has 1 aromatic heterocycles. The van der Waals surface area contributed by atoms with Gasteiger partial charge in [-0.1, -0.05) is 11.3 Å². The highest BCUT2D eigenvalue weighted by atomic mass is 79.9.